The van der Waals surface area contributed by atoms with Crippen LogP contribution >= 0.6 is 0 Å². The van der Waals surface area contributed by atoms with Gasteiger partial charge >= 0.3 is 0 Å². The molecule has 0 bridgehead atoms. The maximum absolute atomic E-state index is 9.41. The highest BCUT2D eigenvalue weighted by molar-refractivity contribution is 5.80. The minimum atomic E-state index is 0.138. The van der Waals surface area contributed by atoms with Gasteiger partial charge in [0.05, 0.1) is 6.26 Å². The van der Waals surface area contributed by atoms with Gasteiger partial charge in [0.1, 0.15) is 5.58 Å². The first-order valence-corrected chi connectivity index (χ1v) is 6.60. The Hall–Kier alpha value is -1.32. The molecule has 1 heterocycles. The summed E-state index contributed by atoms with van der Waals surface area (Å²) in [5.74, 6) is 0. The fraction of sp³-hybridized carbons (Fsp3) is 0.467. The first-order chi connectivity index (χ1) is 8.83. The highest BCUT2D eigenvalue weighted by atomic mass is 16.3. The first kappa shape index (κ1) is 11.8. The van der Waals surface area contributed by atoms with E-state index < -0.39 is 0 Å². The number of rotatable bonds is 5. The van der Waals surface area contributed by atoms with E-state index in [4.69, 9.17) is 4.42 Å². The SMILES string of the molecule is OCC1(CNCc2coc3ccccc23)CCC1. The molecule has 1 fully saturated rings. The van der Waals surface area contributed by atoms with Crippen molar-refractivity contribution in [3.05, 3.63) is 36.1 Å². The fourth-order valence-electron chi connectivity index (χ4n) is 2.70. The van der Waals surface area contributed by atoms with Crippen LogP contribution < -0.4 is 5.32 Å². The van der Waals surface area contributed by atoms with Crippen molar-refractivity contribution in [3.8, 4) is 0 Å². The van der Waals surface area contributed by atoms with E-state index in [-0.39, 0.29) is 5.41 Å². The molecule has 0 atom stereocenters. The fourth-order valence-corrected chi connectivity index (χ4v) is 2.70. The van der Waals surface area contributed by atoms with Crippen molar-refractivity contribution in [3.63, 3.8) is 0 Å². The van der Waals surface area contributed by atoms with Crippen molar-refractivity contribution in [1.29, 1.82) is 0 Å². The van der Waals surface area contributed by atoms with Crippen molar-refractivity contribution < 1.29 is 9.52 Å². The molecular formula is C15H19NO2. The molecule has 1 aromatic carbocycles. The molecule has 2 aromatic rings. The van der Waals surface area contributed by atoms with Crippen LogP contribution in [0.25, 0.3) is 11.0 Å². The van der Waals surface area contributed by atoms with Gasteiger partial charge in [-0.2, -0.15) is 0 Å². The number of nitrogens with one attached hydrogen (secondary N) is 1. The van der Waals surface area contributed by atoms with E-state index in [1.807, 2.05) is 24.5 Å². The summed E-state index contributed by atoms with van der Waals surface area (Å²) in [6, 6.07) is 8.08. The predicted molar refractivity (Wildman–Crippen MR) is 71.3 cm³/mol. The van der Waals surface area contributed by atoms with E-state index >= 15 is 0 Å². The Morgan fingerprint density at radius 3 is 2.83 bits per heavy atom. The Balaban J connectivity index is 1.63. The minimum Gasteiger partial charge on any atom is -0.464 e. The second-order valence-corrected chi connectivity index (χ2v) is 5.37. The summed E-state index contributed by atoms with van der Waals surface area (Å²) >= 11 is 0. The summed E-state index contributed by atoms with van der Waals surface area (Å²) in [6.07, 6.45) is 5.35. The van der Waals surface area contributed by atoms with Gasteiger partial charge in [0.25, 0.3) is 0 Å². The van der Waals surface area contributed by atoms with E-state index in [1.54, 1.807) is 0 Å². The highest BCUT2D eigenvalue weighted by Crippen LogP contribution is 2.39. The molecule has 18 heavy (non-hydrogen) atoms. The zero-order valence-corrected chi connectivity index (χ0v) is 10.5. The number of benzene rings is 1. The van der Waals surface area contributed by atoms with Gasteiger partial charge in [0, 0.05) is 36.1 Å². The average molecular weight is 245 g/mol. The third kappa shape index (κ3) is 2.04. The van der Waals surface area contributed by atoms with Crippen molar-refractivity contribution in [1.82, 2.24) is 5.32 Å². The maximum atomic E-state index is 9.41. The van der Waals surface area contributed by atoms with Gasteiger partial charge in [-0.15, -0.1) is 0 Å². The van der Waals surface area contributed by atoms with Gasteiger partial charge in [-0.25, -0.2) is 0 Å². The number of para-hydroxylation sites is 1. The maximum Gasteiger partial charge on any atom is 0.134 e. The van der Waals surface area contributed by atoms with Gasteiger partial charge in [-0.1, -0.05) is 24.6 Å². The number of furan rings is 1. The van der Waals surface area contributed by atoms with Gasteiger partial charge < -0.3 is 14.8 Å². The Kier molecular flexibility index (Phi) is 3.10. The van der Waals surface area contributed by atoms with Crippen LogP contribution in [0.15, 0.2) is 34.9 Å². The normalized spacial score (nSPS) is 17.8. The van der Waals surface area contributed by atoms with Crippen LogP contribution in [0.3, 0.4) is 0 Å². The molecule has 3 nitrogen and oxygen atoms in total. The Morgan fingerprint density at radius 1 is 1.28 bits per heavy atom. The molecular weight excluding hydrogens is 226 g/mol. The second-order valence-electron chi connectivity index (χ2n) is 5.37. The zero-order chi connectivity index (χ0) is 12.4. The van der Waals surface area contributed by atoms with Gasteiger partial charge in [0.2, 0.25) is 0 Å². The predicted octanol–water partition coefficient (Wildman–Crippen LogP) is 2.69. The van der Waals surface area contributed by atoms with Crippen LogP contribution in [0.2, 0.25) is 0 Å². The third-order valence-electron chi connectivity index (χ3n) is 4.13. The van der Waals surface area contributed by atoms with Gasteiger partial charge in [0.15, 0.2) is 0 Å². The lowest BCUT2D eigenvalue weighted by atomic mass is 9.69. The molecule has 0 saturated heterocycles. The van der Waals surface area contributed by atoms with Crippen LogP contribution in [0.4, 0.5) is 0 Å². The van der Waals surface area contributed by atoms with E-state index in [0.717, 1.165) is 31.5 Å². The van der Waals surface area contributed by atoms with Crippen molar-refractivity contribution in [2.24, 2.45) is 5.41 Å². The van der Waals surface area contributed by atoms with E-state index in [9.17, 15) is 5.11 Å². The number of aliphatic hydroxyl groups is 1. The summed E-state index contributed by atoms with van der Waals surface area (Å²) in [7, 11) is 0. The van der Waals surface area contributed by atoms with Crippen LogP contribution in [-0.2, 0) is 6.54 Å². The van der Waals surface area contributed by atoms with E-state index in [1.165, 1.54) is 17.4 Å². The number of aliphatic hydroxyl groups excluding tert-OH is 1. The summed E-state index contributed by atoms with van der Waals surface area (Å²) in [6.45, 7) is 1.99. The summed E-state index contributed by atoms with van der Waals surface area (Å²) < 4.78 is 5.51. The Bertz CT molecular complexity index is 523. The number of hydrogen-bond donors (Lipinski definition) is 2. The average Bonchev–Trinajstić information content (AvgIpc) is 2.76. The highest BCUT2D eigenvalue weighted by Gasteiger charge is 2.35. The lowest BCUT2D eigenvalue weighted by molar-refractivity contribution is 0.0445. The summed E-state index contributed by atoms with van der Waals surface area (Å²) in [5, 5.41) is 14.0. The summed E-state index contributed by atoms with van der Waals surface area (Å²) in [4.78, 5) is 0. The molecule has 0 radical (unpaired) electrons. The monoisotopic (exact) mass is 245 g/mol. The molecule has 0 aliphatic heterocycles. The van der Waals surface area contributed by atoms with E-state index in [0.29, 0.717) is 6.61 Å². The number of fused-ring (bicyclic) bond motifs is 1. The van der Waals surface area contributed by atoms with E-state index in [2.05, 4.69) is 11.4 Å². The van der Waals surface area contributed by atoms with Crippen LogP contribution in [0, 0.1) is 5.41 Å². The van der Waals surface area contributed by atoms with Gasteiger partial charge in [-0.05, 0) is 18.9 Å². The molecule has 3 rings (SSSR count). The topological polar surface area (TPSA) is 45.4 Å². The first-order valence-electron chi connectivity index (χ1n) is 6.60. The molecule has 2 N–H and O–H groups in total. The number of hydrogen-bond acceptors (Lipinski definition) is 3. The molecule has 3 heteroatoms. The largest absolute Gasteiger partial charge is 0.464 e. The van der Waals surface area contributed by atoms with Crippen molar-refractivity contribution in [2.75, 3.05) is 13.2 Å². The lowest BCUT2D eigenvalue weighted by Gasteiger charge is -2.40. The van der Waals surface area contributed by atoms with Crippen molar-refractivity contribution >= 4 is 11.0 Å². The lowest BCUT2D eigenvalue weighted by Crippen LogP contribution is -2.42. The van der Waals surface area contributed by atoms with Gasteiger partial charge in [-0.3, -0.25) is 0 Å². The third-order valence-corrected chi connectivity index (χ3v) is 4.13. The Labute approximate surface area is 107 Å². The van der Waals surface area contributed by atoms with Crippen molar-refractivity contribution in [2.45, 2.75) is 25.8 Å². The molecule has 96 valence electrons. The standard InChI is InChI=1S/C15H19NO2/c17-11-15(6-3-7-15)10-16-8-12-9-18-14-5-2-1-4-13(12)14/h1-2,4-5,9,16-17H,3,6-8,10-11H2. The van der Waals surface area contributed by atoms with Crippen LogP contribution in [0.5, 0.6) is 0 Å². The Morgan fingerprint density at radius 2 is 2.11 bits per heavy atom. The van der Waals surface area contributed by atoms with Crippen LogP contribution in [-0.4, -0.2) is 18.3 Å². The second kappa shape index (κ2) is 4.75. The molecule has 0 unspecified atom stereocenters. The molecule has 1 aromatic heterocycles. The molecule has 0 amide bonds. The zero-order valence-electron chi connectivity index (χ0n) is 10.5. The quantitative estimate of drug-likeness (QED) is 0.851. The molecule has 1 aliphatic rings. The smallest absolute Gasteiger partial charge is 0.134 e. The molecule has 1 aliphatic carbocycles. The molecule has 1 saturated carbocycles. The minimum absolute atomic E-state index is 0.138. The molecule has 0 spiro atoms. The van der Waals surface area contributed by atoms with Crippen LogP contribution in [0.1, 0.15) is 24.8 Å². The summed E-state index contributed by atoms with van der Waals surface area (Å²) in [5.41, 5.74) is 2.27.